The number of benzene rings is 2. The number of amides is 1. The molecule has 6 heteroatoms. The summed E-state index contributed by atoms with van der Waals surface area (Å²) in [6.07, 6.45) is 0. The van der Waals surface area contributed by atoms with Crippen LogP contribution in [-0.2, 0) is 11.3 Å². The van der Waals surface area contributed by atoms with Crippen molar-refractivity contribution in [2.24, 2.45) is 0 Å². The summed E-state index contributed by atoms with van der Waals surface area (Å²) in [6, 6.07) is 13.5. The molecule has 0 spiro atoms. The van der Waals surface area contributed by atoms with Crippen molar-refractivity contribution in [3.63, 3.8) is 0 Å². The Hall–Kier alpha value is -2.73. The van der Waals surface area contributed by atoms with Crippen molar-refractivity contribution < 1.29 is 19.0 Å². The van der Waals surface area contributed by atoms with E-state index < -0.39 is 0 Å². The summed E-state index contributed by atoms with van der Waals surface area (Å²) in [7, 11) is 3.41. The predicted octanol–water partition coefficient (Wildman–Crippen LogP) is 3.20. The van der Waals surface area contributed by atoms with E-state index in [1.165, 1.54) is 0 Å². The monoisotopic (exact) mass is 384 g/mol. The normalized spacial score (nSPS) is 13.9. The van der Waals surface area contributed by atoms with Crippen molar-refractivity contribution in [2.75, 3.05) is 52.0 Å². The number of nitrogens with zero attached hydrogens (tertiary/aromatic N) is 2. The molecule has 150 valence electrons. The lowest BCUT2D eigenvalue weighted by molar-refractivity contribution is 0.0784. The molecule has 0 unspecified atom stereocenters. The van der Waals surface area contributed by atoms with Crippen LogP contribution in [0.3, 0.4) is 0 Å². The topological polar surface area (TPSA) is 51.2 Å². The molecule has 2 aromatic rings. The molecule has 0 N–H and O–H groups in total. The van der Waals surface area contributed by atoms with Crippen LogP contribution in [0.25, 0.3) is 0 Å². The average molecular weight is 384 g/mol. The van der Waals surface area contributed by atoms with Gasteiger partial charge in [0.05, 0.1) is 26.9 Å². The van der Waals surface area contributed by atoms with E-state index in [2.05, 4.69) is 17.0 Å². The van der Waals surface area contributed by atoms with Crippen LogP contribution in [0, 0.1) is 0 Å². The molecule has 1 amide bonds. The van der Waals surface area contributed by atoms with E-state index >= 15 is 0 Å². The van der Waals surface area contributed by atoms with Gasteiger partial charge in [-0.05, 0) is 36.8 Å². The largest absolute Gasteiger partial charge is 0.493 e. The maximum absolute atomic E-state index is 13.0. The quantitative estimate of drug-likeness (QED) is 0.734. The van der Waals surface area contributed by atoms with Crippen LogP contribution >= 0.6 is 0 Å². The van der Waals surface area contributed by atoms with E-state index in [0.717, 1.165) is 37.6 Å². The Balaban J connectivity index is 1.77. The molecule has 0 aliphatic carbocycles. The predicted molar refractivity (Wildman–Crippen MR) is 109 cm³/mol. The number of anilines is 1. The molecule has 1 aliphatic rings. The van der Waals surface area contributed by atoms with Crippen LogP contribution in [-0.4, -0.2) is 57.9 Å². The number of carbonyl (C=O) groups excluding carboxylic acids is 1. The second-order valence-corrected chi connectivity index (χ2v) is 6.69. The summed E-state index contributed by atoms with van der Waals surface area (Å²) in [5.41, 5.74) is 2.87. The van der Waals surface area contributed by atoms with Crippen LogP contribution in [0.4, 0.5) is 5.69 Å². The lowest BCUT2D eigenvalue weighted by Crippen LogP contribution is -2.37. The van der Waals surface area contributed by atoms with Gasteiger partial charge in [0.25, 0.3) is 5.91 Å². The minimum atomic E-state index is -0.0552. The van der Waals surface area contributed by atoms with Gasteiger partial charge in [0.2, 0.25) is 0 Å². The van der Waals surface area contributed by atoms with Gasteiger partial charge in [-0.25, -0.2) is 0 Å². The van der Waals surface area contributed by atoms with Gasteiger partial charge in [-0.15, -0.1) is 0 Å². The lowest BCUT2D eigenvalue weighted by atomic mass is 10.1. The van der Waals surface area contributed by atoms with Crippen molar-refractivity contribution in [2.45, 2.75) is 13.5 Å². The summed E-state index contributed by atoms with van der Waals surface area (Å²) in [6.45, 7) is 6.14. The fourth-order valence-electron chi connectivity index (χ4n) is 3.38. The number of ether oxygens (including phenoxy) is 3. The van der Waals surface area contributed by atoms with Gasteiger partial charge < -0.3 is 24.0 Å². The molecule has 0 saturated carbocycles. The van der Waals surface area contributed by atoms with Gasteiger partial charge in [0.1, 0.15) is 0 Å². The van der Waals surface area contributed by atoms with Crippen LogP contribution in [0.5, 0.6) is 11.5 Å². The van der Waals surface area contributed by atoms with Crippen molar-refractivity contribution in [1.82, 2.24) is 4.90 Å². The highest BCUT2D eigenvalue weighted by Crippen LogP contribution is 2.29. The first-order valence-corrected chi connectivity index (χ1v) is 9.61. The number of hydrogen-bond donors (Lipinski definition) is 0. The third-order valence-electron chi connectivity index (χ3n) is 4.81. The van der Waals surface area contributed by atoms with Crippen molar-refractivity contribution >= 4 is 11.6 Å². The molecule has 1 saturated heterocycles. The minimum absolute atomic E-state index is 0.0552. The van der Waals surface area contributed by atoms with Gasteiger partial charge in [-0.2, -0.15) is 0 Å². The zero-order valence-corrected chi connectivity index (χ0v) is 16.8. The van der Waals surface area contributed by atoms with Crippen molar-refractivity contribution in [1.29, 1.82) is 0 Å². The number of hydrogen-bond acceptors (Lipinski definition) is 5. The lowest BCUT2D eigenvalue weighted by Gasteiger charge is -2.31. The zero-order valence-electron chi connectivity index (χ0n) is 16.8. The fraction of sp³-hybridized carbons (Fsp3) is 0.409. The summed E-state index contributed by atoms with van der Waals surface area (Å²) in [5, 5.41) is 0. The first-order valence-electron chi connectivity index (χ1n) is 9.61. The molecule has 2 aromatic carbocycles. The second kappa shape index (κ2) is 9.46. The molecule has 3 rings (SSSR count). The number of morpholine rings is 1. The highest BCUT2D eigenvalue weighted by molar-refractivity contribution is 5.94. The highest BCUT2D eigenvalue weighted by atomic mass is 16.5. The summed E-state index contributed by atoms with van der Waals surface area (Å²) >= 11 is 0. The molecule has 1 heterocycles. The van der Waals surface area contributed by atoms with E-state index in [1.807, 2.05) is 26.1 Å². The highest BCUT2D eigenvalue weighted by Gasteiger charge is 2.19. The standard InChI is InChI=1S/C22H28N2O4/c1-4-28-21-15-17(9-10-20(21)26-3)22(25)23(2)16-18-7-5-6-8-19(18)24-11-13-27-14-12-24/h5-10,15H,4,11-14,16H2,1-3H3. The van der Waals surface area contributed by atoms with Crippen molar-refractivity contribution in [3.05, 3.63) is 53.6 Å². The summed E-state index contributed by atoms with van der Waals surface area (Å²) in [5.74, 6) is 1.15. The van der Waals surface area contributed by atoms with Crippen LogP contribution in [0.15, 0.2) is 42.5 Å². The second-order valence-electron chi connectivity index (χ2n) is 6.69. The van der Waals surface area contributed by atoms with Gasteiger partial charge in [-0.1, -0.05) is 18.2 Å². The van der Waals surface area contributed by atoms with Crippen LogP contribution in [0.1, 0.15) is 22.8 Å². The van der Waals surface area contributed by atoms with Gasteiger partial charge in [-0.3, -0.25) is 4.79 Å². The Morgan fingerprint density at radius 3 is 2.61 bits per heavy atom. The van der Waals surface area contributed by atoms with Crippen molar-refractivity contribution in [3.8, 4) is 11.5 Å². The molecule has 28 heavy (non-hydrogen) atoms. The number of para-hydroxylation sites is 1. The molecule has 0 bridgehead atoms. The molecule has 0 radical (unpaired) electrons. The SMILES string of the molecule is CCOc1cc(C(=O)N(C)Cc2ccccc2N2CCOCC2)ccc1OC. The van der Waals surface area contributed by atoms with E-state index in [0.29, 0.717) is 30.2 Å². The third kappa shape index (κ3) is 4.57. The zero-order chi connectivity index (χ0) is 19.9. The molecule has 0 aromatic heterocycles. The molecular weight excluding hydrogens is 356 g/mol. The first kappa shape index (κ1) is 20.0. The van der Waals surface area contributed by atoms with E-state index in [-0.39, 0.29) is 5.91 Å². The van der Waals surface area contributed by atoms with Gasteiger partial charge in [0, 0.05) is 37.9 Å². The maximum Gasteiger partial charge on any atom is 0.254 e. The van der Waals surface area contributed by atoms with E-state index in [4.69, 9.17) is 14.2 Å². The number of carbonyl (C=O) groups is 1. The smallest absolute Gasteiger partial charge is 0.254 e. The maximum atomic E-state index is 13.0. The minimum Gasteiger partial charge on any atom is -0.493 e. The summed E-state index contributed by atoms with van der Waals surface area (Å²) < 4.78 is 16.4. The first-order chi connectivity index (χ1) is 13.6. The average Bonchev–Trinajstić information content (AvgIpc) is 2.74. The van der Waals surface area contributed by atoms with E-state index in [1.54, 1.807) is 30.2 Å². The molecule has 0 atom stereocenters. The molecule has 6 nitrogen and oxygen atoms in total. The molecular formula is C22H28N2O4. The molecule has 1 aliphatic heterocycles. The van der Waals surface area contributed by atoms with Gasteiger partial charge in [0.15, 0.2) is 11.5 Å². The number of methoxy groups -OCH3 is 1. The Morgan fingerprint density at radius 1 is 1.14 bits per heavy atom. The Bertz CT molecular complexity index is 803. The third-order valence-corrected chi connectivity index (χ3v) is 4.81. The summed E-state index contributed by atoms with van der Waals surface area (Å²) in [4.78, 5) is 17.0. The van der Waals surface area contributed by atoms with Crippen LogP contribution in [0.2, 0.25) is 0 Å². The van der Waals surface area contributed by atoms with E-state index in [9.17, 15) is 4.79 Å². The Labute approximate surface area is 166 Å². The van der Waals surface area contributed by atoms with Crippen LogP contribution < -0.4 is 14.4 Å². The Morgan fingerprint density at radius 2 is 1.89 bits per heavy atom. The van der Waals surface area contributed by atoms with Gasteiger partial charge >= 0.3 is 0 Å². The Kier molecular flexibility index (Phi) is 6.76. The molecule has 1 fully saturated rings. The number of rotatable bonds is 7. The fourth-order valence-corrected chi connectivity index (χ4v) is 3.38.